The maximum absolute atomic E-state index is 12.9. The van der Waals surface area contributed by atoms with Crippen molar-refractivity contribution in [2.75, 3.05) is 5.32 Å². The summed E-state index contributed by atoms with van der Waals surface area (Å²) >= 11 is 11.9. The highest BCUT2D eigenvalue weighted by atomic mass is 35.5. The molecule has 1 N–H and O–H groups in total. The second-order valence-corrected chi connectivity index (χ2v) is 6.11. The molecule has 3 aromatic rings. The van der Waals surface area contributed by atoms with Crippen LogP contribution in [0.1, 0.15) is 17.0 Å². The summed E-state index contributed by atoms with van der Waals surface area (Å²) in [4.78, 5) is 17.0. The lowest BCUT2D eigenvalue weighted by Crippen LogP contribution is -2.22. The molecule has 3 nitrogen and oxygen atoms in total. The number of rotatable bonds is 4. The lowest BCUT2D eigenvalue weighted by molar-refractivity contribution is -0.116. The Morgan fingerprint density at radius 3 is 1.83 bits per heavy atom. The molecule has 0 aliphatic rings. The van der Waals surface area contributed by atoms with E-state index < -0.39 is 5.92 Å². The van der Waals surface area contributed by atoms with E-state index >= 15 is 0 Å². The Hall–Kier alpha value is -2.36. The average molecular weight is 357 g/mol. The SMILES string of the molecule is O=C(Nc1ccccn1)C(c1ccc(Cl)cc1)c1ccc(Cl)cc1. The third-order valence-electron chi connectivity index (χ3n) is 3.59. The smallest absolute Gasteiger partial charge is 0.237 e. The van der Waals surface area contributed by atoms with Crippen molar-refractivity contribution in [1.29, 1.82) is 0 Å². The number of hydrogen-bond donors (Lipinski definition) is 1. The number of aromatic nitrogens is 1. The summed E-state index contributed by atoms with van der Waals surface area (Å²) in [5.41, 5.74) is 1.69. The Labute approximate surface area is 150 Å². The highest BCUT2D eigenvalue weighted by Gasteiger charge is 2.23. The minimum absolute atomic E-state index is 0.168. The molecule has 0 unspecified atom stereocenters. The minimum atomic E-state index is -0.485. The Morgan fingerprint density at radius 1 is 0.833 bits per heavy atom. The first kappa shape index (κ1) is 16.5. The summed E-state index contributed by atoms with van der Waals surface area (Å²) in [6.07, 6.45) is 1.63. The Morgan fingerprint density at radius 2 is 1.38 bits per heavy atom. The molecule has 1 aromatic heterocycles. The van der Waals surface area contributed by atoms with Gasteiger partial charge in [-0.3, -0.25) is 4.79 Å². The zero-order valence-electron chi connectivity index (χ0n) is 12.6. The van der Waals surface area contributed by atoms with Gasteiger partial charge < -0.3 is 5.32 Å². The number of halogens is 2. The van der Waals surface area contributed by atoms with Crippen LogP contribution < -0.4 is 5.32 Å². The Balaban J connectivity index is 1.96. The van der Waals surface area contributed by atoms with Crippen LogP contribution >= 0.6 is 23.2 Å². The van der Waals surface area contributed by atoms with Crippen molar-refractivity contribution in [3.8, 4) is 0 Å². The number of hydrogen-bond acceptors (Lipinski definition) is 2. The fourth-order valence-corrected chi connectivity index (χ4v) is 2.69. The van der Waals surface area contributed by atoms with Crippen LogP contribution in [0.25, 0.3) is 0 Å². The fraction of sp³-hybridized carbons (Fsp3) is 0.0526. The maximum atomic E-state index is 12.9. The topological polar surface area (TPSA) is 42.0 Å². The first-order valence-corrected chi connectivity index (χ1v) is 8.12. The van der Waals surface area contributed by atoms with Gasteiger partial charge in [-0.2, -0.15) is 0 Å². The molecule has 0 aliphatic heterocycles. The third-order valence-corrected chi connectivity index (χ3v) is 4.09. The van der Waals surface area contributed by atoms with E-state index in [9.17, 15) is 4.79 Å². The van der Waals surface area contributed by atoms with Gasteiger partial charge in [0.1, 0.15) is 5.82 Å². The lowest BCUT2D eigenvalue weighted by Gasteiger charge is -2.18. The van der Waals surface area contributed by atoms with Gasteiger partial charge in [0.05, 0.1) is 5.92 Å². The van der Waals surface area contributed by atoms with Gasteiger partial charge in [0, 0.05) is 16.2 Å². The normalized spacial score (nSPS) is 10.6. The minimum Gasteiger partial charge on any atom is -0.310 e. The van der Waals surface area contributed by atoms with E-state index in [1.807, 2.05) is 30.3 Å². The van der Waals surface area contributed by atoms with Gasteiger partial charge >= 0.3 is 0 Å². The van der Waals surface area contributed by atoms with Crippen LogP contribution in [-0.2, 0) is 4.79 Å². The molecule has 0 saturated carbocycles. The van der Waals surface area contributed by atoms with Crippen LogP contribution in [0.15, 0.2) is 72.9 Å². The van der Waals surface area contributed by atoms with Crippen LogP contribution in [0.5, 0.6) is 0 Å². The largest absolute Gasteiger partial charge is 0.310 e. The monoisotopic (exact) mass is 356 g/mol. The number of benzene rings is 2. The summed E-state index contributed by atoms with van der Waals surface area (Å²) in [7, 11) is 0. The molecule has 0 fully saturated rings. The molecular formula is C19H14Cl2N2O. The summed E-state index contributed by atoms with van der Waals surface area (Å²) in [6, 6.07) is 19.8. The molecule has 0 radical (unpaired) electrons. The Bertz CT molecular complexity index is 773. The number of amides is 1. The standard InChI is InChI=1S/C19H14Cl2N2O/c20-15-8-4-13(5-9-15)18(14-6-10-16(21)11-7-14)19(24)23-17-3-1-2-12-22-17/h1-12,18H,(H,22,23,24). The van der Waals surface area contributed by atoms with Crippen LogP contribution in [0, 0.1) is 0 Å². The van der Waals surface area contributed by atoms with Crippen molar-refractivity contribution in [1.82, 2.24) is 4.98 Å². The molecule has 2 aromatic carbocycles. The van der Waals surface area contributed by atoms with E-state index in [2.05, 4.69) is 10.3 Å². The van der Waals surface area contributed by atoms with Gasteiger partial charge in [0.2, 0.25) is 5.91 Å². The molecule has 1 amide bonds. The van der Waals surface area contributed by atoms with Gasteiger partial charge in [-0.25, -0.2) is 4.98 Å². The predicted molar refractivity (Wildman–Crippen MR) is 97.6 cm³/mol. The van der Waals surface area contributed by atoms with Gasteiger partial charge in [-0.05, 0) is 47.5 Å². The summed E-state index contributed by atoms with van der Waals surface area (Å²) in [5.74, 6) is -0.143. The van der Waals surface area contributed by atoms with E-state index in [4.69, 9.17) is 23.2 Å². The van der Waals surface area contributed by atoms with Crippen LogP contribution in [0.2, 0.25) is 10.0 Å². The van der Waals surface area contributed by atoms with Crippen molar-refractivity contribution >= 4 is 34.9 Å². The number of nitrogens with zero attached hydrogens (tertiary/aromatic N) is 1. The molecule has 0 spiro atoms. The van der Waals surface area contributed by atoms with Crippen molar-refractivity contribution < 1.29 is 4.79 Å². The zero-order chi connectivity index (χ0) is 16.9. The molecule has 0 bridgehead atoms. The van der Waals surface area contributed by atoms with Crippen molar-refractivity contribution in [3.63, 3.8) is 0 Å². The maximum Gasteiger partial charge on any atom is 0.237 e. The van der Waals surface area contributed by atoms with Crippen LogP contribution in [0.4, 0.5) is 5.82 Å². The van der Waals surface area contributed by atoms with Gasteiger partial charge in [0.25, 0.3) is 0 Å². The highest BCUT2D eigenvalue weighted by molar-refractivity contribution is 6.30. The van der Waals surface area contributed by atoms with Crippen molar-refractivity contribution in [3.05, 3.63) is 94.1 Å². The quantitative estimate of drug-likeness (QED) is 0.701. The number of carbonyl (C=O) groups is 1. The van der Waals surface area contributed by atoms with Gasteiger partial charge in [0.15, 0.2) is 0 Å². The number of carbonyl (C=O) groups excluding carboxylic acids is 1. The molecule has 24 heavy (non-hydrogen) atoms. The first-order chi connectivity index (χ1) is 11.6. The van der Waals surface area contributed by atoms with E-state index in [0.29, 0.717) is 15.9 Å². The first-order valence-electron chi connectivity index (χ1n) is 7.36. The molecule has 0 saturated heterocycles. The Kier molecular flexibility index (Phi) is 5.14. The lowest BCUT2D eigenvalue weighted by atomic mass is 9.90. The van der Waals surface area contributed by atoms with E-state index in [0.717, 1.165) is 11.1 Å². The van der Waals surface area contributed by atoms with Gasteiger partial charge in [-0.1, -0.05) is 53.5 Å². The molecule has 0 atom stereocenters. The molecule has 0 aliphatic carbocycles. The summed E-state index contributed by atoms with van der Waals surface area (Å²) in [6.45, 7) is 0. The molecular weight excluding hydrogens is 343 g/mol. The van der Waals surface area contributed by atoms with Crippen molar-refractivity contribution in [2.45, 2.75) is 5.92 Å². The van der Waals surface area contributed by atoms with E-state index in [1.54, 1.807) is 42.6 Å². The van der Waals surface area contributed by atoms with E-state index in [-0.39, 0.29) is 5.91 Å². The fourth-order valence-electron chi connectivity index (χ4n) is 2.44. The molecule has 5 heteroatoms. The molecule has 3 rings (SSSR count). The average Bonchev–Trinajstić information content (AvgIpc) is 2.59. The van der Waals surface area contributed by atoms with Gasteiger partial charge in [-0.15, -0.1) is 0 Å². The van der Waals surface area contributed by atoms with Crippen LogP contribution in [0.3, 0.4) is 0 Å². The molecule has 120 valence electrons. The second-order valence-electron chi connectivity index (χ2n) is 5.24. The zero-order valence-corrected chi connectivity index (χ0v) is 14.1. The van der Waals surface area contributed by atoms with E-state index in [1.165, 1.54) is 0 Å². The molecule has 1 heterocycles. The predicted octanol–water partition coefficient (Wildman–Crippen LogP) is 5.16. The third kappa shape index (κ3) is 3.94. The van der Waals surface area contributed by atoms with Crippen LogP contribution in [-0.4, -0.2) is 10.9 Å². The number of nitrogens with one attached hydrogen (secondary N) is 1. The highest BCUT2D eigenvalue weighted by Crippen LogP contribution is 2.28. The number of anilines is 1. The number of pyridine rings is 1. The summed E-state index contributed by atoms with van der Waals surface area (Å²) in [5, 5.41) is 4.10. The van der Waals surface area contributed by atoms with Crippen molar-refractivity contribution in [2.24, 2.45) is 0 Å². The summed E-state index contributed by atoms with van der Waals surface area (Å²) < 4.78 is 0. The second kappa shape index (κ2) is 7.47.